The Hall–Kier alpha value is -12.5. The number of aliphatic hydroxyl groups is 1. The van der Waals surface area contributed by atoms with Crippen LogP contribution in [0.25, 0.3) is 10.4 Å². The highest BCUT2D eigenvalue weighted by Gasteiger charge is 2.60. The zero-order chi connectivity index (χ0) is 89.6. The van der Waals surface area contributed by atoms with Gasteiger partial charge >= 0.3 is 29.8 Å². The summed E-state index contributed by atoms with van der Waals surface area (Å²) in [5, 5.41) is 16.1. The third kappa shape index (κ3) is 24.7. The Bertz CT molecular complexity index is 5350. The van der Waals surface area contributed by atoms with E-state index in [1.165, 1.54) is 43.5 Å². The van der Waals surface area contributed by atoms with Crippen LogP contribution < -0.4 is 0 Å². The van der Waals surface area contributed by atoms with Crippen LogP contribution in [0.1, 0.15) is 85.2 Å². The summed E-state index contributed by atoms with van der Waals surface area (Å²) in [6, 6.07) is 94.1. The number of hydrogen-bond acceptors (Lipinski definition) is 26. The van der Waals surface area contributed by atoms with E-state index in [9.17, 15) is 20.2 Å². The van der Waals surface area contributed by atoms with Crippen LogP contribution in [0.3, 0.4) is 0 Å². The van der Waals surface area contributed by atoms with Crippen LogP contribution in [-0.4, -0.2) is 191 Å². The van der Waals surface area contributed by atoms with Gasteiger partial charge in [0.1, 0.15) is 79.8 Å². The average molecular weight is 1770 g/mol. The first-order valence-corrected chi connectivity index (χ1v) is 42.8. The molecule has 0 bridgehead atoms. The molecule has 4 aliphatic heterocycles. The number of ether oxygens (including phenoxy) is 19. The summed E-state index contributed by atoms with van der Waals surface area (Å²) in [6.07, 6.45) is -30.6. The van der Waals surface area contributed by atoms with Crippen molar-refractivity contribution < 1.29 is 119 Å². The Labute approximate surface area is 751 Å². The standard InChI is InChI=1S/C102H99N3O25/c1-112-99-82(104-105-103)87(85(79(122-99)64-113-58-67-35-13-2-14-36-67)129-101-92(118-63-72-45-23-7-24-46-72)89(126-96(109)75-51-29-10-30-52-75)83(78(57-106)121-101)114-59-68-37-15-3-16-38-68)130-102-93(128-98(111)77-55-33-12-34-56-77)90(127-97(110)76-53-31-11-32-54-76)86(125-95(108)74-49-27-9-28-50-74)81(124-102)66-120-100-91(117-62-71-43-21-6-22-44-71)88(116-61-70-41-19-5-20-42-70)84(115-60-69-39-17-4-18-40-69)80(123-100)65-119-94(107)73-47-25-8-26-48-73/h2-56,78-93,99-102,106H,57-66H2,1H3/t78-,79-,80-,81-,82-,83-,84-,85+,86-,87-,88+,89+,90+,91-,92-,93-,99+,100+,101-,102+/m1/s1. The summed E-state index contributed by atoms with van der Waals surface area (Å²) in [6.45, 7) is -2.74. The average Bonchev–Trinajstić information content (AvgIpc) is 0.765. The summed E-state index contributed by atoms with van der Waals surface area (Å²) < 4.78 is 132. The predicted octanol–water partition coefficient (Wildman–Crippen LogP) is 14.9. The molecule has 130 heavy (non-hydrogen) atoms. The SMILES string of the molecule is CO[C@H]1O[C@H](COCc2ccccc2)[C@H](O[C@H]2O[C@H](CO)[C@@H](OCc3ccccc3)[C@H](OC(=O)c3ccccc3)[C@H]2OCc2ccccc2)[C@H](O[C@@H]2O[C@H](CO[C@H]3O[C@H](COC(=O)c4ccccc4)[C@@H](OCc4ccccc4)[C@H](OCc4ccccc4)[C@H]3OCc3ccccc3)[C@@H](OC(=O)c3ccccc3)[C@H](OC(=O)c3ccccc3)[C@H]2OC(=O)c2ccccc2)[C@H]1N=[N+]=[N-]. The fourth-order valence-electron chi connectivity index (χ4n) is 15.7. The molecule has 11 aromatic carbocycles. The van der Waals surface area contributed by atoms with Crippen LogP contribution in [0.4, 0.5) is 0 Å². The Morgan fingerprint density at radius 3 is 0.985 bits per heavy atom. The lowest BCUT2D eigenvalue weighted by Gasteiger charge is -2.51. The molecular weight excluding hydrogens is 1670 g/mol. The number of carbonyl (C=O) groups excluding carboxylic acids is 5. The number of hydrogen-bond donors (Lipinski definition) is 1. The van der Waals surface area contributed by atoms with Gasteiger partial charge in [0.15, 0.2) is 49.6 Å². The molecule has 0 spiro atoms. The fraction of sp³-hybridized carbons (Fsp3) is 0.304. The molecule has 0 radical (unpaired) electrons. The van der Waals surface area contributed by atoms with Gasteiger partial charge in [0.25, 0.3) is 0 Å². The number of rotatable bonds is 40. The van der Waals surface area contributed by atoms with Crippen molar-refractivity contribution in [2.75, 3.05) is 33.5 Å². The van der Waals surface area contributed by atoms with E-state index in [0.717, 1.165) is 22.3 Å². The highest BCUT2D eigenvalue weighted by Crippen LogP contribution is 2.41. The van der Waals surface area contributed by atoms with Crippen molar-refractivity contribution in [3.05, 3.63) is 405 Å². The summed E-state index contributed by atoms with van der Waals surface area (Å²) >= 11 is 0. The zero-order valence-corrected chi connectivity index (χ0v) is 71.0. The van der Waals surface area contributed by atoms with Gasteiger partial charge in [-0.1, -0.05) is 278 Å². The van der Waals surface area contributed by atoms with E-state index in [2.05, 4.69) is 10.0 Å². The van der Waals surface area contributed by atoms with Gasteiger partial charge in [0, 0.05) is 12.0 Å². The Kier molecular flexibility index (Phi) is 33.5. The van der Waals surface area contributed by atoms with Crippen LogP contribution in [0.15, 0.2) is 339 Å². The monoisotopic (exact) mass is 1770 g/mol. The molecule has 0 unspecified atom stereocenters. The van der Waals surface area contributed by atoms with Crippen molar-refractivity contribution in [2.45, 2.75) is 162 Å². The summed E-state index contributed by atoms with van der Waals surface area (Å²) in [7, 11) is 1.30. The first kappa shape index (κ1) is 92.2. The lowest BCUT2D eigenvalue weighted by molar-refractivity contribution is -0.379. The van der Waals surface area contributed by atoms with Crippen molar-refractivity contribution >= 4 is 29.8 Å². The summed E-state index contributed by atoms with van der Waals surface area (Å²) in [5.41, 5.74) is 15.8. The van der Waals surface area contributed by atoms with Crippen molar-refractivity contribution in [1.82, 2.24) is 0 Å². The van der Waals surface area contributed by atoms with E-state index in [-0.39, 0.29) is 74.1 Å². The molecule has 4 saturated heterocycles. The van der Waals surface area contributed by atoms with Gasteiger partial charge in [-0.15, -0.1) is 0 Å². The first-order valence-electron chi connectivity index (χ1n) is 42.8. The van der Waals surface area contributed by atoms with Crippen molar-refractivity contribution in [1.29, 1.82) is 0 Å². The van der Waals surface area contributed by atoms with Crippen molar-refractivity contribution in [3.8, 4) is 0 Å². The molecule has 1 N–H and O–H groups in total. The van der Waals surface area contributed by atoms with Gasteiger partial charge in [-0.25, -0.2) is 24.0 Å². The number of esters is 5. The molecule has 4 heterocycles. The topological polar surface area (TPSA) is 330 Å². The molecule has 0 saturated carbocycles. The molecule has 28 nitrogen and oxygen atoms in total. The maximum Gasteiger partial charge on any atom is 0.338 e. The van der Waals surface area contributed by atoms with Crippen LogP contribution in [-0.2, 0) is 130 Å². The first-order chi connectivity index (χ1) is 63.9. The van der Waals surface area contributed by atoms with Gasteiger partial charge in [-0.2, -0.15) is 0 Å². The highest BCUT2D eigenvalue weighted by molar-refractivity contribution is 5.92. The van der Waals surface area contributed by atoms with E-state index in [0.29, 0.717) is 11.1 Å². The molecular formula is C102H99N3O25. The molecule has 28 heteroatoms. The summed E-state index contributed by atoms with van der Waals surface area (Å²) in [5.74, 6) is -4.56. The zero-order valence-electron chi connectivity index (χ0n) is 71.0. The third-order valence-electron chi connectivity index (χ3n) is 22.2. The van der Waals surface area contributed by atoms with Crippen LogP contribution in [0.2, 0.25) is 0 Å². The van der Waals surface area contributed by atoms with E-state index < -0.39 is 172 Å². The smallest absolute Gasteiger partial charge is 0.338 e. The number of aliphatic hydroxyl groups excluding tert-OH is 1. The molecule has 0 aromatic heterocycles. The number of azide groups is 1. The third-order valence-corrected chi connectivity index (χ3v) is 22.2. The highest BCUT2D eigenvalue weighted by atomic mass is 16.8. The van der Waals surface area contributed by atoms with Gasteiger partial charge in [0.05, 0.1) is 87.3 Å². The number of carbonyl (C=O) groups is 5. The number of nitrogens with zero attached hydrogens (tertiary/aromatic N) is 3. The second-order valence-corrected chi connectivity index (χ2v) is 31.0. The number of benzene rings is 11. The molecule has 0 aliphatic carbocycles. The quantitative estimate of drug-likeness (QED) is 0.0123. The minimum Gasteiger partial charge on any atom is -0.459 e. The summed E-state index contributed by atoms with van der Waals surface area (Å²) in [4.78, 5) is 78.9. The molecule has 15 rings (SSSR count). The lowest BCUT2D eigenvalue weighted by Crippen LogP contribution is -2.68. The molecule has 20 atom stereocenters. The second-order valence-electron chi connectivity index (χ2n) is 31.0. The van der Waals surface area contributed by atoms with E-state index in [1.54, 1.807) is 115 Å². The van der Waals surface area contributed by atoms with Crippen LogP contribution in [0.5, 0.6) is 0 Å². The Morgan fingerprint density at radius 1 is 0.292 bits per heavy atom. The van der Waals surface area contributed by atoms with Crippen molar-refractivity contribution in [3.63, 3.8) is 0 Å². The van der Waals surface area contributed by atoms with Crippen LogP contribution >= 0.6 is 0 Å². The van der Waals surface area contributed by atoms with E-state index >= 15 is 14.4 Å². The van der Waals surface area contributed by atoms with Gasteiger partial charge in [-0.05, 0) is 99.6 Å². The molecule has 0 amide bonds. The molecule has 4 fully saturated rings. The maximum absolute atomic E-state index is 15.5. The largest absolute Gasteiger partial charge is 0.459 e. The van der Waals surface area contributed by atoms with Crippen molar-refractivity contribution in [2.24, 2.45) is 5.11 Å². The molecule has 4 aliphatic rings. The molecule has 672 valence electrons. The Morgan fingerprint density at radius 2 is 0.585 bits per heavy atom. The predicted molar refractivity (Wildman–Crippen MR) is 468 cm³/mol. The number of methoxy groups -OCH3 is 1. The van der Waals surface area contributed by atoms with Gasteiger partial charge in [-0.3, -0.25) is 0 Å². The fourth-order valence-corrected chi connectivity index (χ4v) is 15.7. The minimum atomic E-state index is -2.16. The van der Waals surface area contributed by atoms with E-state index in [1.807, 2.05) is 182 Å². The van der Waals surface area contributed by atoms with Gasteiger partial charge < -0.3 is 95.1 Å². The normalized spacial score (nSPS) is 25.3. The van der Waals surface area contributed by atoms with Crippen LogP contribution in [0, 0.1) is 0 Å². The van der Waals surface area contributed by atoms with Gasteiger partial charge in [0.2, 0.25) is 0 Å². The second kappa shape index (κ2) is 47.2. The van der Waals surface area contributed by atoms with E-state index in [4.69, 9.17) is 90.0 Å². The minimum absolute atomic E-state index is 0.00587. The maximum atomic E-state index is 15.5. The lowest BCUT2D eigenvalue weighted by atomic mass is 9.94. The Balaban J connectivity index is 0.884. The molecule has 11 aromatic rings.